The number of phenols is 5. The molecule has 5 rings (SSSR count). The second kappa shape index (κ2) is 9.24. The summed E-state index contributed by atoms with van der Waals surface area (Å²) in [7, 11) is 0. The molecule has 0 saturated carbocycles. The van der Waals surface area contributed by atoms with Crippen LogP contribution in [0.5, 0.6) is 34.5 Å². The number of Topliss-reactive ketones (excluding diaryl/α,β-unsaturated/α-hetero) is 1. The second-order valence-electron chi connectivity index (χ2n) is 9.22. The highest BCUT2D eigenvalue weighted by Crippen LogP contribution is 2.45. The standard InChI is InChI=1S/C27H22O12/c28-11-6-16(30)14-9-21(39-27(37)10-4-17(31)23(34)18(32)5-10)26(38-20(14)7-11)13-8-19(33)25(36)22-12(13)2-1-3-15(29)24(22)35/h1-8,12-13,21,26,28-35H,9H2/t12?,13?,21-,26-/m1/s1. The lowest BCUT2D eigenvalue weighted by molar-refractivity contribution is -0.116. The molecular weight excluding hydrogens is 516 g/mol. The van der Waals surface area contributed by atoms with Gasteiger partial charge in [0, 0.05) is 36.0 Å². The van der Waals surface area contributed by atoms with Gasteiger partial charge >= 0.3 is 5.97 Å². The van der Waals surface area contributed by atoms with E-state index in [4.69, 9.17) is 9.47 Å². The molecule has 12 nitrogen and oxygen atoms in total. The van der Waals surface area contributed by atoms with E-state index in [1.807, 2.05) is 0 Å². The molecule has 2 aliphatic carbocycles. The van der Waals surface area contributed by atoms with Gasteiger partial charge in [-0.15, -0.1) is 0 Å². The molecule has 2 aromatic carbocycles. The Labute approximate surface area is 219 Å². The number of ketones is 1. The van der Waals surface area contributed by atoms with Gasteiger partial charge in [-0.3, -0.25) is 4.79 Å². The number of aliphatic hydroxyl groups is 3. The fraction of sp³-hybridized carbons (Fsp3) is 0.185. The van der Waals surface area contributed by atoms with Crippen LogP contribution in [-0.2, 0) is 16.0 Å². The van der Waals surface area contributed by atoms with Crippen LogP contribution in [0.4, 0.5) is 0 Å². The Balaban J connectivity index is 1.59. The molecule has 1 heterocycles. The predicted molar refractivity (Wildman–Crippen MR) is 131 cm³/mol. The first-order valence-electron chi connectivity index (χ1n) is 11.6. The minimum Gasteiger partial charge on any atom is -0.508 e. The lowest BCUT2D eigenvalue weighted by atomic mass is 9.73. The summed E-state index contributed by atoms with van der Waals surface area (Å²) < 4.78 is 11.7. The fourth-order valence-electron chi connectivity index (χ4n) is 4.95. The summed E-state index contributed by atoms with van der Waals surface area (Å²) in [5.41, 5.74) is -0.483. The molecule has 12 heteroatoms. The maximum absolute atomic E-state index is 13.0. The number of carbonyl (C=O) groups is 2. The predicted octanol–water partition coefficient (Wildman–Crippen LogP) is 2.82. The van der Waals surface area contributed by atoms with Crippen molar-refractivity contribution in [1.29, 1.82) is 0 Å². The first kappa shape index (κ1) is 25.4. The Morgan fingerprint density at radius 1 is 0.897 bits per heavy atom. The lowest BCUT2D eigenvalue weighted by Crippen LogP contribution is -2.49. The van der Waals surface area contributed by atoms with Crippen molar-refractivity contribution in [1.82, 2.24) is 0 Å². The normalized spacial score (nSPS) is 24.1. The Kier molecular flexibility index (Phi) is 6.02. The summed E-state index contributed by atoms with van der Waals surface area (Å²) in [5.74, 6) is -9.14. The third-order valence-electron chi connectivity index (χ3n) is 6.79. The topological polar surface area (TPSA) is 214 Å². The summed E-state index contributed by atoms with van der Waals surface area (Å²) in [6, 6.07) is 4.01. The Hall–Kier alpha value is -5.26. The zero-order chi connectivity index (χ0) is 28.2. The van der Waals surface area contributed by atoms with Gasteiger partial charge in [0.2, 0.25) is 5.78 Å². The fourth-order valence-corrected chi connectivity index (χ4v) is 4.95. The van der Waals surface area contributed by atoms with Crippen LogP contribution in [0.2, 0.25) is 0 Å². The van der Waals surface area contributed by atoms with E-state index in [1.54, 1.807) is 0 Å². The van der Waals surface area contributed by atoms with Crippen molar-refractivity contribution in [2.24, 2.45) is 11.8 Å². The number of esters is 1. The molecule has 0 aromatic heterocycles. The van der Waals surface area contributed by atoms with Crippen molar-refractivity contribution in [3.63, 3.8) is 0 Å². The Bertz CT molecular complexity index is 1510. The van der Waals surface area contributed by atoms with E-state index < -0.39 is 70.3 Å². The van der Waals surface area contributed by atoms with Gasteiger partial charge in [0.1, 0.15) is 29.5 Å². The SMILES string of the molecule is O=C1C(O)=CC([C@H]2Oc3cc(O)cc(O)c3C[C@H]2OC(=O)c2cc(O)c(O)c(O)c2)C2C=CC=C(O)C(O)=C12. The molecule has 3 aliphatic rings. The molecule has 0 saturated heterocycles. The molecule has 0 bridgehead atoms. The summed E-state index contributed by atoms with van der Waals surface area (Å²) in [4.78, 5) is 25.8. The summed E-state index contributed by atoms with van der Waals surface area (Å²) in [5, 5.41) is 80.7. The number of ether oxygens (including phenoxy) is 2. The summed E-state index contributed by atoms with van der Waals surface area (Å²) in [6.07, 6.45) is 2.57. The van der Waals surface area contributed by atoms with E-state index in [2.05, 4.69) is 0 Å². The second-order valence-corrected chi connectivity index (χ2v) is 9.22. The number of hydrogen-bond acceptors (Lipinski definition) is 12. The van der Waals surface area contributed by atoms with E-state index in [0.29, 0.717) is 0 Å². The number of hydrogen-bond donors (Lipinski definition) is 8. The molecule has 39 heavy (non-hydrogen) atoms. The number of benzene rings is 2. The molecule has 0 spiro atoms. The number of aromatic hydroxyl groups is 5. The van der Waals surface area contributed by atoms with Gasteiger partial charge < -0.3 is 50.3 Å². The highest BCUT2D eigenvalue weighted by molar-refractivity contribution is 6.09. The highest BCUT2D eigenvalue weighted by Gasteiger charge is 2.47. The molecular formula is C27H22O12. The monoisotopic (exact) mass is 538 g/mol. The first-order chi connectivity index (χ1) is 18.5. The molecule has 2 unspecified atom stereocenters. The quantitative estimate of drug-likeness (QED) is 0.209. The van der Waals surface area contributed by atoms with Crippen LogP contribution in [-0.4, -0.2) is 64.8 Å². The lowest BCUT2D eigenvalue weighted by Gasteiger charge is -2.40. The average molecular weight is 538 g/mol. The van der Waals surface area contributed by atoms with Crippen LogP contribution in [0.25, 0.3) is 0 Å². The van der Waals surface area contributed by atoms with Crippen LogP contribution < -0.4 is 4.74 Å². The third kappa shape index (κ3) is 4.31. The smallest absolute Gasteiger partial charge is 0.338 e. The van der Waals surface area contributed by atoms with E-state index in [0.717, 1.165) is 30.4 Å². The minimum absolute atomic E-state index is 0.0304. The molecule has 0 amide bonds. The van der Waals surface area contributed by atoms with E-state index >= 15 is 0 Å². The maximum Gasteiger partial charge on any atom is 0.338 e. The van der Waals surface area contributed by atoms with E-state index in [1.165, 1.54) is 18.2 Å². The molecule has 4 atom stereocenters. The number of rotatable bonds is 3. The van der Waals surface area contributed by atoms with Crippen LogP contribution in [0, 0.1) is 11.8 Å². The van der Waals surface area contributed by atoms with Gasteiger partial charge in [-0.1, -0.05) is 12.2 Å². The highest BCUT2D eigenvalue weighted by atomic mass is 16.6. The molecule has 0 fully saturated rings. The number of allylic oxidation sites excluding steroid dienone is 4. The number of fused-ring (bicyclic) bond motifs is 2. The van der Waals surface area contributed by atoms with Gasteiger partial charge in [0.05, 0.1) is 11.1 Å². The van der Waals surface area contributed by atoms with Crippen molar-refractivity contribution in [2.75, 3.05) is 0 Å². The third-order valence-corrected chi connectivity index (χ3v) is 6.79. The largest absolute Gasteiger partial charge is 0.508 e. The maximum atomic E-state index is 13.0. The Morgan fingerprint density at radius 2 is 1.59 bits per heavy atom. The molecule has 8 N–H and O–H groups in total. The molecule has 202 valence electrons. The van der Waals surface area contributed by atoms with Gasteiger partial charge in [-0.05, 0) is 24.3 Å². The van der Waals surface area contributed by atoms with Crippen molar-refractivity contribution < 1.29 is 59.9 Å². The van der Waals surface area contributed by atoms with Gasteiger partial charge in [0.15, 0.2) is 34.5 Å². The van der Waals surface area contributed by atoms with Crippen LogP contribution in [0.1, 0.15) is 15.9 Å². The van der Waals surface area contributed by atoms with Crippen molar-refractivity contribution in [2.45, 2.75) is 18.6 Å². The minimum atomic E-state index is -1.23. The Morgan fingerprint density at radius 3 is 2.28 bits per heavy atom. The van der Waals surface area contributed by atoms with Gasteiger partial charge in [0.25, 0.3) is 0 Å². The van der Waals surface area contributed by atoms with Crippen LogP contribution in [0.3, 0.4) is 0 Å². The van der Waals surface area contributed by atoms with Crippen LogP contribution >= 0.6 is 0 Å². The molecule has 1 aliphatic heterocycles. The number of aliphatic hydroxyl groups excluding tert-OH is 3. The zero-order valence-corrected chi connectivity index (χ0v) is 19.8. The van der Waals surface area contributed by atoms with Crippen molar-refractivity contribution in [3.05, 3.63) is 82.5 Å². The number of carbonyl (C=O) groups excluding carboxylic acids is 2. The zero-order valence-electron chi connectivity index (χ0n) is 19.8. The van der Waals surface area contributed by atoms with Crippen molar-refractivity contribution >= 4 is 11.8 Å². The summed E-state index contributed by atoms with van der Waals surface area (Å²) in [6.45, 7) is 0. The van der Waals surface area contributed by atoms with Crippen molar-refractivity contribution in [3.8, 4) is 34.5 Å². The average Bonchev–Trinajstić information content (AvgIpc) is 3.02. The van der Waals surface area contributed by atoms with E-state index in [9.17, 15) is 50.4 Å². The van der Waals surface area contributed by atoms with Gasteiger partial charge in [-0.25, -0.2) is 4.79 Å². The van der Waals surface area contributed by atoms with Crippen LogP contribution in [0.15, 0.2) is 71.4 Å². The molecule has 0 radical (unpaired) electrons. The van der Waals surface area contributed by atoms with Gasteiger partial charge in [-0.2, -0.15) is 0 Å². The number of phenolic OH excluding ortho intramolecular Hbond substituents is 5. The molecule has 2 aromatic rings. The summed E-state index contributed by atoms with van der Waals surface area (Å²) >= 11 is 0. The first-order valence-corrected chi connectivity index (χ1v) is 11.6. The van der Waals surface area contributed by atoms with E-state index in [-0.39, 0.29) is 40.4 Å².